The number of rotatable bonds is 0. The quantitative estimate of drug-likeness (QED) is 0.402. The number of hydrogen-bond donors (Lipinski definition) is 0. The second-order valence-electron chi connectivity index (χ2n) is 2.67. The molecule has 0 radical (unpaired) electrons. The third-order valence-electron chi connectivity index (χ3n) is 2.06. The smallest absolute Gasteiger partial charge is 0.0202 e. The van der Waals surface area contributed by atoms with Gasteiger partial charge in [0, 0.05) is 0 Å². The maximum absolute atomic E-state index is 2.38. The van der Waals surface area contributed by atoms with Gasteiger partial charge in [-0.15, -0.1) is 0 Å². The van der Waals surface area contributed by atoms with Crippen LogP contribution in [0.5, 0.6) is 0 Å². The molecule has 0 aromatic heterocycles. The van der Waals surface area contributed by atoms with Crippen LogP contribution < -0.4 is 0 Å². The number of fused-ring (bicyclic) bond motifs is 1. The van der Waals surface area contributed by atoms with Crippen LogP contribution in [0.1, 0.15) is 19.3 Å². The zero-order chi connectivity index (χ0) is 4.69. The minimum absolute atomic E-state index is 1.02. The first-order valence-corrected chi connectivity index (χ1v) is 3.13. The van der Waals surface area contributed by atoms with E-state index in [2.05, 4.69) is 12.2 Å². The highest BCUT2D eigenvalue weighted by molar-refractivity contribution is 5.06. The molecule has 1 saturated carbocycles. The first-order chi connectivity index (χ1) is 3.47. The Morgan fingerprint density at radius 1 is 1.43 bits per heavy atom. The van der Waals surface area contributed by atoms with Crippen LogP contribution in [-0.2, 0) is 0 Å². The summed E-state index contributed by atoms with van der Waals surface area (Å²) in [7, 11) is 0. The lowest BCUT2D eigenvalue weighted by atomic mass is 10.1. The van der Waals surface area contributed by atoms with Crippen molar-refractivity contribution in [2.75, 3.05) is 0 Å². The fourth-order valence-electron chi connectivity index (χ4n) is 1.42. The molecule has 7 heavy (non-hydrogen) atoms. The lowest BCUT2D eigenvalue weighted by molar-refractivity contribution is 0.682. The zero-order valence-corrected chi connectivity index (χ0v) is 4.43. The van der Waals surface area contributed by atoms with E-state index in [4.69, 9.17) is 0 Å². The summed E-state index contributed by atoms with van der Waals surface area (Å²) >= 11 is 0. The standard InChI is InChI=1S/C7H10/c1-2-4-7-5-6(7)3-1/h1,3,6-7H,2,4-5H2/t6?,7-/m0/s1. The lowest BCUT2D eigenvalue weighted by Crippen LogP contribution is -1.83. The summed E-state index contributed by atoms with van der Waals surface area (Å²) in [4.78, 5) is 0. The van der Waals surface area contributed by atoms with Gasteiger partial charge in [-0.3, -0.25) is 0 Å². The molecule has 0 amide bonds. The van der Waals surface area contributed by atoms with E-state index in [0.29, 0.717) is 0 Å². The number of hydrogen-bond acceptors (Lipinski definition) is 0. The monoisotopic (exact) mass is 94.1 g/mol. The molecule has 0 spiro atoms. The molecule has 1 unspecified atom stereocenters. The van der Waals surface area contributed by atoms with Crippen LogP contribution in [0.3, 0.4) is 0 Å². The molecule has 1 fully saturated rings. The summed E-state index contributed by atoms with van der Waals surface area (Å²) < 4.78 is 0. The lowest BCUT2D eigenvalue weighted by Gasteiger charge is -1.96. The van der Waals surface area contributed by atoms with E-state index in [1.165, 1.54) is 19.3 Å². The predicted octanol–water partition coefficient (Wildman–Crippen LogP) is 1.97. The minimum atomic E-state index is 1.02. The van der Waals surface area contributed by atoms with Gasteiger partial charge in [0.2, 0.25) is 0 Å². The molecule has 2 rings (SSSR count). The molecule has 0 aliphatic heterocycles. The van der Waals surface area contributed by atoms with E-state index < -0.39 is 0 Å². The summed E-state index contributed by atoms with van der Waals surface area (Å²) in [6.07, 6.45) is 9.03. The average Bonchev–Trinajstić information content (AvgIpc) is 2.41. The van der Waals surface area contributed by atoms with Gasteiger partial charge in [0.15, 0.2) is 0 Å². The fourth-order valence-corrected chi connectivity index (χ4v) is 1.42. The highest BCUT2D eigenvalue weighted by atomic mass is 14.4. The van der Waals surface area contributed by atoms with Crippen LogP contribution in [0.2, 0.25) is 0 Å². The molecule has 0 aromatic rings. The third-order valence-corrected chi connectivity index (χ3v) is 2.06. The van der Waals surface area contributed by atoms with E-state index in [0.717, 1.165) is 11.8 Å². The van der Waals surface area contributed by atoms with E-state index in [-0.39, 0.29) is 0 Å². The Labute approximate surface area is 44.2 Å². The van der Waals surface area contributed by atoms with Crippen molar-refractivity contribution in [3.8, 4) is 0 Å². The summed E-state index contributed by atoms with van der Waals surface area (Å²) in [5.74, 6) is 2.14. The SMILES string of the molecule is C1=CC2C[C@@H]2CC1. The average molecular weight is 94.2 g/mol. The van der Waals surface area contributed by atoms with Crippen molar-refractivity contribution in [2.45, 2.75) is 19.3 Å². The topological polar surface area (TPSA) is 0 Å². The Morgan fingerprint density at radius 3 is 3.00 bits per heavy atom. The Hall–Kier alpha value is -0.260. The fraction of sp³-hybridized carbons (Fsp3) is 0.714. The summed E-state index contributed by atoms with van der Waals surface area (Å²) in [5.41, 5.74) is 0. The molecule has 0 bridgehead atoms. The van der Waals surface area contributed by atoms with E-state index in [9.17, 15) is 0 Å². The molecule has 0 N–H and O–H groups in total. The predicted molar refractivity (Wildman–Crippen MR) is 30.0 cm³/mol. The van der Waals surface area contributed by atoms with Gasteiger partial charge in [-0.1, -0.05) is 12.2 Å². The van der Waals surface area contributed by atoms with E-state index in [1.807, 2.05) is 0 Å². The molecule has 0 heterocycles. The van der Waals surface area contributed by atoms with Gasteiger partial charge in [0.1, 0.15) is 0 Å². The second kappa shape index (κ2) is 1.12. The molecular weight excluding hydrogens is 84.1 g/mol. The van der Waals surface area contributed by atoms with Crippen molar-refractivity contribution in [3.63, 3.8) is 0 Å². The zero-order valence-electron chi connectivity index (χ0n) is 4.43. The van der Waals surface area contributed by atoms with Crippen LogP contribution in [0.25, 0.3) is 0 Å². The van der Waals surface area contributed by atoms with Gasteiger partial charge in [-0.05, 0) is 31.1 Å². The summed E-state index contributed by atoms with van der Waals surface area (Å²) in [5, 5.41) is 0. The van der Waals surface area contributed by atoms with Crippen molar-refractivity contribution in [3.05, 3.63) is 12.2 Å². The normalized spacial score (nSPS) is 45.7. The number of allylic oxidation sites excluding steroid dienone is 2. The summed E-state index contributed by atoms with van der Waals surface area (Å²) in [6.45, 7) is 0. The van der Waals surface area contributed by atoms with Crippen LogP contribution in [0.4, 0.5) is 0 Å². The molecular formula is C7H10. The van der Waals surface area contributed by atoms with Crippen molar-refractivity contribution in [1.82, 2.24) is 0 Å². The molecule has 2 atom stereocenters. The highest BCUT2D eigenvalue weighted by Crippen LogP contribution is 2.45. The van der Waals surface area contributed by atoms with Crippen LogP contribution in [0, 0.1) is 11.8 Å². The summed E-state index contributed by atoms with van der Waals surface area (Å²) in [6, 6.07) is 0. The molecule has 38 valence electrons. The first kappa shape index (κ1) is 3.71. The second-order valence-corrected chi connectivity index (χ2v) is 2.67. The Kier molecular flexibility index (Phi) is 0.592. The Morgan fingerprint density at radius 2 is 2.43 bits per heavy atom. The van der Waals surface area contributed by atoms with Gasteiger partial charge in [-0.25, -0.2) is 0 Å². The van der Waals surface area contributed by atoms with Gasteiger partial charge in [-0.2, -0.15) is 0 Å². The van der Waals surface area contributed by atoms with Gasteiger partial charge < -0.3 is 0 Å². The maximum Gasteiger partial charge on any atom is -0.0202 e. The largest absolute Gasteiger partial charge is 0.0882 e. The van der Waals surface area contributed by atoms with Crippen LogP contribution >= 0.6 is 0 Å². The molecule has 0 heteroatoms. The molecule has 2 aliphatic rings. The van der Waals surface area contributed by atoms with Crippen molar-refractivity contribution in [2.24, 2.45) is 11.8 Å². The van der Waals surface area contributed by atoms with Crippen LogP contribution in [-0.4, -0.2) is 0 Å². The van der Waals surface area contributed by atoms with Gasteiger partial charge >= 0.3 is 0 Å². The van der Waals surface area contributed by atoms with Gasteiger partial charge in [0.05, 0.1) is 0 Å². The van der Waals surface area contributed by atoms with E-state index >= 15 is 0 Å². The third kappa shape index (κ3) is 0.495. The first-order valence-electron chi connectivity index (χ1n) is 3.13. The van der Waals surface area contributed by atoms with Gasteiger partial charge in [0.25, 0.3) is 0 Å². The molecule has 0 aromatic carbocycles. The Bertz CT molecular complexity index is 103. The highest BCUT2D eigenvalue weighted by Gasteiger charge is 2.35. The Balaban J connectivity index is 2.14. The van der Waals surface area contributed by atoms with Crippen molar-refractivity contribution in [1.29, 1.82) is 0 Å². The molecule has 0 saturated heterocycles. The van der Waals surface area contributed by atoms with Crippen LogP contribution in [0.15, 0.2) is 12.2 Å². The molecule has 0 nitrogen and oxygen atoms in total. The molecule has 2 aliphatic carbocycles. The minimum Gasteiger partial charge on any atom is -0.0882 e. The van der Waals surface area contributed by atoms with Crippen molar-refractivity contribution < 1.29 is 0 Å². The maximum atomic E-state index is 2.38. The van der Waals surface area contributed by atoms with Crippen molar-refractivity contribution >= 4 is 0 Å². The van der Waals surface area contributed by atoms with E-state index in [1.54, 1.807) is 0 Å².